The van der Waals surface area contributed by atoms with Gasteiger partial charge in [-0.15, -0.1) is 0 Å². The van der Waals surface area contributed by atoms with Crippen LogP contribution in [-0.2, 0) is 0 Å². The highest BCUT2D eigenvalue weighted by Crippen LogP contribution is 2.16. The van der Waals surface area contributed by atoms with E-state index in [1.165, 1.54) is 0 Å². The zero-order valence-corrected chi connectivity index (χ0v) is 6.04. The Labute approximate surface area is 56.5 Å². The largest absolute Gasteiger partial charge is 0.269 e. The molecule has 0 fully saturated rings. The maximum atomic E-state index is 4.07. The summed E-state index contributed by atoms with van der Waals surface area (Å²) in [5, 5.41) is 0. The van der Waals surface area contributed by atoms with Gasteiger partial charge < -0.3 is 0 Å². The van der Waals surface area contributed by atoms with Gasteiger partial charge in [0.25, 0.3) is 0 Å². The van der Waals surface area contributed by atoms with Gasteiger partial charge in [0.05, 0.1) is 0 Å². The molecule has 0 saturated carbocycles. The Morgan fingerprint density at radius 2 is 2.22 bits per heavy atom. The average Bonchev–Trinajstić information content (AvgIpc) is 1.99. The lowest BCUT2D eigenvalue weighted by molar-refractivity contribution is 0.482. The number of allylic oxidation sites excluding steroid dienone is 1. The summed E-state index contributed by atoms with van der Waals surface area (Å²) in [6, 6.07) is 0. The molecule has 1 aliphatic rings. The Hall–Kier alpha value is -0.590. The quantitative estimate of drug-likeness (QED) is 0.468. The Morgan fingerprint density at radius 1 is 1.44 bits per heavy atom. The van der Waals surface area contributed by atoms with Gasteiger partial charge in [0.15, 0.2) is 0 Å². The highest BCUT2D eigenvalue weighted by atomic mass is 14.7. The van der Waals surface area contributed by atoms with Crippen molar-refractivity contribution in [3.8, 4) is 0 Å². The Balaban J connectivity index is 2.58. The summed E-state index contributed by atoms with van der Waals surface area (Å²) in [6.45, 7) is 4.49. The van der Waals surface area contributed by atoms with Crippen molar-refractivity contribution >= 4 is 6.21 Å². The molecule has 0 aromatic rings. The third-order valence-electron chi connectivity index (χ3n) is 1.96. The summed E-state index contributed by atoms with van der Waals surface area (Å²) in [5.41, 5.74) is 0. The lowest BCUT2D eigenvalue weighted by atomic mass is 9.94. The zero-order valence-electron chi connectivity index (χ0n) is 6.04. The lowest BCUT2D eigenvalue weighted by Crippen LogP contribution is -2.03. The normalized spacial score (nSPS) is 34.4. The van der Waals surface area contributed by atoms with Gasteiger partial charge in [0.2, 0.25) is 0 Å². The first kappa shape index (κ1) is 6.53. The molecule has 0 spiro atoms. The van der Waals surface area contributed by atoms with Crippen molar-refractivity contribution in [1.82, 2.24) is 0 Å². The maximum Gasteiger partial charge on any atom is 0.0226 e. The molecule has 1 heterocycles. The molecule has 0 bridgehead atoms. The minimum atomic E-state index is 0.688. The molecule has 9 heavy (non-hydrogen) atoms. The third-order valence-corrected chi connectivity index (χ3v) is 1.96. The number of nitrogens with zero attached hydrogens (tertiary/aromatic N) is 1. The Bertz CT molecular complexity index is 136. The average molecular weight is 123 g/mol. The van der Waals surface area contributed by atoms with Crippen LogP contribution in [0.15, 0.2) is 17.3 Å². The van der Waals surface area contributed by atoms with Crippen molar-refractivity contribution in [2.75, 3.05) is 0 Å². The van der Waals surface area contributed by atoms with E-state index in [9.17, 15) is 0 Å². The Kier molecular flexibility index (Phi) is 2.04. The first-order valence-corrected chi connectivity index (χ1v) is 3.49. The number of hydrogen-bond donors (Lipinski definition) is 0. The lowest BCUT2D eigenvalue weighted by Gasteiger charge is -2.10. The first-order chi connectivity index (χ1) is 4.30. The van der Waals surface area contributed by atoms with Crippen LogP contribution in [0, 0.1) is 11.8 Å². The Morgan fingerprint density at radius 3 is 3.00 bits per heavy atom. The predicted octanol–water partition coefficient (Wildman–Crippen LogP) is 2.25. The van der Waals surface area contributed by atoms with Crippen LogP contribution in [0.4, 0.5) is 0 Å². The standard InChI is InChI=1S/C8H13N/c1-7-3-5-9-6-4-8(7)2/h3,5-8H,4H2,1-2H3. The van der Waals surface area contributed by atoms with Crippen LogP contribution in [0.3, 0.4) is 0 Å². The van der Waals surface area contributed by atoms with Gasteiger partial charge in [-0.1, -0.05) is 19.9 Å². The second kappa shape index (κ2) is 2.81. The highest BCUT2D eigenvalue weighted by molar-refractivity contribution is 5.58. The van der Waals surface area contributed by atoms with E-state index in [-0.39, 0.29) is 0 Å². The van der Waals surface area contributed by atoms with Crippen molar-refractivity contribution in [2.45, 2.75) is 20.3 Å². The van der Waals surface area contributed by atoms with E-state index in [1.54, 1.807) is 0 Å². The van der Waals surface area contributed by atoms with Crippen molar-refractivity contribution < 1.29 is 0 Å². The highest BCUT2D eigenvalue weighted by Gasteiger charge is 2.08. The molecule has 1 aliphatic heterocycles. The van der Waals surface area contributed by atoms with Crippen molar-refractivity contribution in [1.29, 1.82) is 0 Å². The zero-order chi connectivity index (χ0) is 6.69. The monoisotopic (exact) mass is 123 g/mol. The summed E-state index contributed by atoms with van der Waals surface area (Å²) in [5.74, 6) is 1.44. The third kappa shape index (κ3) is 1.67. The molecule has 1 heteroatoms. The maximum absolute atomic E-state index is 4.07. The van der Waals surface area contributed by atoms with Crippen LogP contribution in [0.1, 0.15) is 20.3 Å². The minimum Gasteiger partial charge on any atom is -0.269 e. The van der Waals surface area contributed by atoms with Gasteiger partial charge in [-0.25, -0.2) is 0 Å². The summed E-state index contributed by atoms with van der Waals surface area (Å²) in [6.07, 6.45) is 7.17. The van der Waals surface area contributed by atoms with Gasteiger partial charge in [0.1, 0.15) is 0 Å². The van der Waals surface area contributed by atoms with Crippen LogP contribution in [0.5, 0.6) is 0 Å². The van der Waals surface area contributed by atoms with E-state index in [2.05, 4.69) is 24.9 Å². The van der Waals surface area contributed by atoms with E-state index in [1.807, 2.05) is 12.4 Å². The molecule has 2 unspecified atom stereocenters. The van der Waals surface area contributed by atoms with Crippen LogP contribution in [0.2, 0.25) is 0 Å². The van der Waals surface area contributed by atoms with E-state index in [0.29, 0.717) is 5.92 Å². The molecule has 0 amide bonds. The van der Waals surface area contributed by atoms with Crippen LogP contribution in [0.25, 0.3) is 0 Å². The molecular weight excluding hydrogens is 110 g/mol. The molecule has 0 radical (unpaired) electrons. The number of aliphatic imine (C=N–C) groups is 1. The number of hydrogen-bond acceptors (Lipinski definition) is 1. The van der Waals surface area contributed by atoms with Crippen molar-refractivity contribution in [3.63, 3.8) is 0 Å². The topological polar surface area (TPSA) is 12.4 Å². The van der Waals surface area contributed by atoms with E-state index < -0.39 is 0 Å². The summed E-state index contributed by atoms with van der Waals surface area (Å²) >= 11 is 0. The first-order valence-electron chi connectivity index (χ1n) is 3.49. The van der Waals surface area contributed by atoms with Crippen LogP contribution in [-0.4, -0.2) is 6.21 Å². The van der Waals surface area contributed by atoms with Crippen LogP contribution < -0.4 is 0 Å². The molecule has 2 atom stereocenters. The summed E-state index contributed by atoms with van der Waals surface area (Å²) in [7, 11) is 0. The smallest absolute Gasteiger partial charge is 0.0226 e. The fraction of sp³-hybridized carbons (Fsp3) is 0.625. The summed E-state index contributed by atoms with van der Waals surface area (Å²) in [4.78, 5) is 4.07. The van der Waals surface area contributed by atoms with Crippen LogP contribution >= 0.6 is 0 Å². The summed E-state index contributed by atoms with van der Waals surface area (Å²) < 4.78 is 0. The molecule has 1 nitrogen and oxygen atoms in total. The van der Waals surface area contributed by atoms with Gasteiger partial charge in [0, 0.05) is 12.4 Å². The molecule has 0 N–H and O–H groups in total. The second-order valence-electron chi connectivity index (χ2n) is 2.75. The fourth-order valence-electron chi connectivity index (χ4n) is 0.878. The molecule has 1 rings (SSSR count). The minimum absolute atomic E-state index is 0.688. The van der Waals surface area contributed by atoms with E-state index in [0.717, 1.165) is 12.3 Å². The van der Waals surface area contributed by atoms with Crippen molar-refractivity contribution in [3.05, 3.63) is 12.3 Å². The molecule has 0 aliphatic carbocycles. The van der Waals surface area contributed by atoms with E-state index in [4.69, 9.17) is 0 Å². The number of rotatable bonds is 0. The van der Waals surface area contributed by atoms with Gasteiger partial charge >= 0.3 is 0 Å². The molecule has 0 aromatic carbocycles. The second-order valence-corrected chi connectivity index (χ2v) is 2.75. The molecule has 0 aromatic heterocycles. The van der Waals surface area contributed by atoms with Gasteiger partial charge in [-0.05, 0) is 18.3 Å². The molecule has 50 valence electrons. The fourth-order valence-corrected chi connectivity index (χ4v) is 0.878. The predicted molar refractivity (Wildman–Crippen MR) is 40.6 cm³/mol. The van der Waals surface area contributed by atoms with E-state index >= 15 is 0 Å². The van der Waals surface area contributed by atoms with Gasteiger partial charge in [-0.3, -0.25) is 4.99 Å². The van der Waals surface area contributed by atoms with Crippen molar-refractivity contribution in [2.24, 2.45) is 16.8 Å². The SMILES string of the molecule is CC1C=CN=CCC1C. The molecule has 0 saturated heterocycles. The molecular formula is C8H13N. The van der Waals surface area contributed by atoms with Gasteiger partial charge in [-0.2, -0.15) is 0 Å².